The molecule has 0 aliphatic carbocycles. The van der Waals surface area contributed by atoms with E-state index in [1.165, 1.54) is 0 Å². The van der Waals surface area contributed by atoms with Crippen LogP contribution < -0.4 is 0 Å². The second-order valence-corrected chi connectivity index (χ2v) is 5.70. The van der Waals surface area contributed by atoms with E-state index in [0.717, 1.165) is 12.8 Å². The maximum atomic E-state index is 12.2. The molecule has 0 aromatic heterocycles. The van der Waals surface area contributed by atoms with E-state index in [1.807, 2.05) is 4.90 Å². The molecular formula is C14H17Cl2NO2. The Kier molecular flexibility index (Phi) is 5.08. The molecule has 3 nitrogen and oxygen atoms in total. The monoisotopic (exact) mass is 301 g/mol. The summed E-state index contributed by atoms with van der Waals surface area (Å²) in [4.78, 5) is 14.0. The number of benzene rings is 1. The fourth-order valence-electron chi connectivity index (χ4n) is 2.33. The molecule has 0 saturated carbocycles. The van der Waals surface area contributed by atoms with Crippen molar-refractivity contribution in [3.8, 4) is 0 Å². The number of piperidine rings is 1. The lowest BCUT2D eigenvalue weighted by atomic mass is 9.97. The van der Waals surface area contributed by atoms with Crippen LogP contribution >= 0.6 is 23.2 Å². The molecule has 2 rings (SSSR count). The number of aliphatic hydroxyl groups is 1. The molecule has 0 radical (unpaired) electrons. The minimum atomic E-state index is 0.0476. The molecule has 104 valence electrons. The quantitative estimate of drug-likeness (QED) is 0.932. The second kappa shape index (κ2) is 6.60. The second-order valence-electron chi connectivity index (χ2n) is 4.88. The number of aliphatic hydroxyl groups excluding tert-OH is 1. The Balaban J connectivity index is 1.98. The van der Waals surface area contributed by atoms with Gasteiger partial charge in [0.2, 0.25) is 5.91 Å². The molecule has 1 aliphatic heterocycles. The van der Waals surface area contributed by atoms with Crippen LogP contribution in [0.15, 0.2) is 18.2 Å². The number of carbonyl (C=O) groups excluding carboxylic acids is 1. The summed E-state index contributed by atoms with van der Waals surface area (Å²) < 4.78 is 0. The zero-order valence-corrected chi connectivity index (χ0v) is 12.1. The van der Waals surface area contributed by atoms with Crippen molar-refractivity contribution >= 4 is 29.1 Å². The van der Waals surface area contributed by atoms with Crippen LogP contribution in [0.1, 0.15) is 18.4 Å². The van der Waals surface area contributed by atoms with Gasteiger partial charge >= 0.3 is 0 Å². The van der Waals surface area contributed by atoms with E-state index in [0.29, 0.717) is 34.6 Å². The van der Waals surface area contributed by atoms with E-state index in [1.54, 1.807) is 18.2 Å². The highest BCUT2D eigenvalue weighted by Crippen LogP contribution is 2.26. The number of hydrogen-bond acceptors (Lipinski definition) is 2. The Labute approximate surface area is 123 Å². The van der Waals surface area contributed by atoms with Gasteiger partial charge in [-0.15, -0.1) is 0 Å². The van der Waals surface area contributed by atoms with E-state index < -0.39 is 0 Å². The molecule has 0 unspecified atom stereocenters. The summed E-state index contributed by atoms with van der Waals surface area (Å²) in [5, 5.41) is 10.2. The van der Waals surface area contributed by atoms with Crippen LogP contribution in [0.4, 0.5) is 0 Å². The number of amides is 1. The molecular weight excluding hydrogens is 285 g/mol. The summed E-state index contributed by atoms with van der Waals surface area (Å²) in [5.74, 6) is 0.374. The molecule has 1 N–H and O–H groups in total. The maximum absolute atomic E-state index is 12.2. The predicted molar refractivity (Wildman–Crippen MR) is 76.6 cm³/mol. The Hall–Kier alpha value is -0.770. The van der Waals surface area contributed by atoms with Crippen LogP contribution in [0.3, 0.4) is 0 Å². The number of likely N-dealkylation sites (tertiary alicyclic amines) is 1. The molecule has 1 aromatic carbocycles. The van der Waals surface area contributed by atoms with Crippen molar-refractivity contribution < 1.29 is 9.90 Å². The van der Waals surface area contributed by atoms with Crippen LogP contribution in [-0.4, -0.2) is 35.6 Å². The summed E-state index contributed by atoms with van der Waals surface area (Å²) >= 11 is 12.1. The summed E-state index contributed by atoms with van der Waals surface area (Å²) in [5.41, 5.74) is 0.695. The van der Waals surface area contributed by atoms with Crippen LogP contribution in [0, 0.1) is 5.92 Å². The normalized spacial score (nSPS) is 16.7. The molecule has 1 heterocycles. The zero-order chi connectivity index (χ0) is 13.8. The van der Waals surface area contributed by atoms with Crippen molar-refractivity contribution in [2.75, 3.05) is 19.7 Å². The molecule has 19 heavy (non-hydrogen) atoms. The van der Waals surface area contributed by atoms with Gasteiger partial charge in [-0.25, -0.2) is 0 Å². The number of halogens is 2. The molecule has 1 saturated heterocycles. The van der Waals surface area contributed by atoms with Gasteiger partial charge in [0.05, 0.1) is 6.42 Å². The van der Waals surface area contributed by atoms with Gasteiger partial charge < -0.3 is 10.0 Å². The molecule has 0 bridgehead atoms. The lowest BCUT2D eigenvalue weighted by Gasteiger charge is -2.31. The van der Waals surface area contributed by atoms with Gasteiger partial charge in [-0.1, -0.05) is 29.3 Å². The fourth-order valence-corrected chi connectivity index (χ4v) is 2.86. The van der Waals surface area contributed by atoms with Gasteiger partial charge in [-0.2, -0.15) is 0 Å². The summed E-state index contributed by atoms with van der Waals surface area (Å²) in [6, 6.07) is 5.26. The van der Waals surface area contributed by atoms with Crippen molar-refractivity contribution in [3.63, 3.8) is 0 Å². The minimum Gasteiger partial charge on any atom is -0.396 e. The largest absolute Gasteiger partial charge is 0.396 e. The van der Waals surface area contributed by atoms with Gasteiger partial charge in [-0.05, 0) is 36.5 Å². The lowest BCUT2D eigenvalue weighted by Crippen LogP contribution is -2.40. The third-order valence-electron chi connectivity index (χ3n) is 3.62. The Bertz CT molecular complexity index is 437. The summed E-state index contributed by atoms with van der Waals surface area (Å²) in [7, 11) is 0. The van der Waals surface area contributed by atoms with E-state index >= 15 is 0 Å². The van der Waals surface area contributed by atoms with Crippen LogP contribution in [0.25, 0.3) is 0 Å². The predicted octanol–water partition coefficient (Wildman–Crippen LogP) is 2.77. The molecule has 1 aromatic rings. The highest BCUT2D eigenvalue weighted by atomic mass is 35.5. The Morgan fingerprint density at radius 2 is 1.84 bits per heavy atom. The highest BCUT2D eigenvalue weighted by molar-refractivity contribution is 6.36. The molecule has 1 amide bonds. The average Bonchev–Trinajstić information content (AvgIpc) is 2.43. The minimum absolute atomic E-state index is 0.0476. The summed E-state index contributed by atoms with van der Waals surface area (Å²) in [6.07, 6.45) is 1.96. The van der Waals surface area contributed by atoms with Gasteiger partial charge in [0.25, 0.3) is 0 Å². The topological polar surface area (TPSA) is 40.5 Å². The molecule has 5 heteroatoms. The first-order valence-corrected chi connectivity index (χ1v) is 7.19. The number of hydrogen-bond donors (Lipinski definition) is 1. The third-order valence-corrected chi connectivity index (χ3v) is 4.32. The van der Waals surface area contributed by atoms with Gasteiger partial charge in [-0.3, -0.25) is 4.79 Å². The van der Waals surface area contributed by atoms with Gasteiger partial charge in [0.15, 0.2) is 0 Å². The number of carbonyl (C=O) groups is 1. The van der Waals surface area contributed by atoms with Gasteiger partial charge in [0, 0.05) is 29.7 Å². The van der Waals surface area contributed by atoms with Crippen LogP contribution in [-0.2, 0) is 11.2 Å². The lowest BCUT2D eigenvalue weighted by molar-refractivity contribution is -0.132. The van der Waals surface area contributed by atoms with Crippen LogP contribution in [0.2, 0.25) is 10.0 Å². The first-order valence-electron chi connectivity index (χ1n) is 6.43. The third kappa shape index (κ3) is 3.62. The smallest absolute Gasteiger partial charge is 0.227 e. The average molecular weight is 302 g/mol. The maximum Gasteiger partial charge on any atom is 0.227 e. The Morgan fingerprint density at radius 1 is 1.26 bits per heavy atom. The molecule has 1 fully saturated rings. The summed E-state index contributed by atoms with van der Waals surface area (Å²) in [6.45, 7) is 1.61. The van der Waals surface area contributed by atoms with E-state index in [2.05, 4.69) is 0 Å². The fraction of sp³-hybridized carbons (Fsp3) is 0.500. The first-order chi connectivity index (χ1) is 9.11. The van der Waals surface area contributed by atoms with Crippen molar-refractivity contribution in [3.05, 3.63) is 33.8 Å². The first kappa shape index (κ1) is 14.6. The number of nitrogens with zero attached hydrogens (tertiary/aromatic N) is 1. The van der Waals surface area contributed by atoms with Crippen LogP contribution in [0.5, 0.6) is 0 Å². The van der Waals surface area contributed by atoms with Gasteiger partial charge in [0.1, 0.15) is 0 Å². The molecule has 1 aliphatic rings. The SMILES string of the molecule is O=C(Cc1c(Cl)cccc1Cl)N1CCC(CO)CC1. The van der Waals surface area contributed by atoms with Crippen molar-refractivity contribution in [1.29, 1.82) is 0 Å². The number of rotatable bonds is 3. The molecule has 0 atom stereocenters. The molecule has 0 spiro atoms. The van der Waals surface area contributed by atoms with E-state index in [-0.39, 0.29) is 18.9 Å². The zero-order valence-electron chi connectivity index (χ0n) is 10.6. The standard InChI is InChI=1S/C14H17Cl2NO2/c15-12-2-1-3-13(16)11(12)8-14(19)17-6-4-10(9-18)5-7-17/h1-3,10,18H,4-9H2. The Morgan fingerprint density at radius 3 is 2.37 bits per heavy atom. The highest BCUT2D eigenvalue weighted by Gasteiger charge is 2.23. The van der Waals surface area contributed by atoms with E-state index in [9.17, 15) is 4.79 Å². The van der Waals surface area contributed by atoms with Crippen molar-refractivity contribution in [1.82, 2.24) is 4.90 Å². The van der Waals surface area contributed by atoms with Crippen molar-refractivity contribution in [2.24, 2.45) is 5.92 Å². The van der Waals surface area contributed by atoms with E-state index in [4.69, 9.17) is 28.3 Å². The van der Waals surface area contributed by atoms with Crippen molar-refractivity contribution in [2.45, 2.75) is 19.3 Å².